The van der Waals surface area contributed by atoms with Crippen LogP contribution >= 0.6 is 0 Å². The van der Waals surface area contributed by atoms with Gasteiger partial charge in [-0.25, -0.2) is 0 Å². The maximum absolute atomic E-state index is 4.03. The number of aryl methyl sites for hydroxylation is 1. The molecule has 0 spiro atoms. The minimum absolute atomic E-state index is 0.956. The van der Waals surface area contributed by atoms with E-state index >= 15 is 0 Å². The van der Waals surface area contributed by atoms with Crippen molar-refractivity contribution in [2.45, 2.75) is 20.8 Å². The fourth-order valence-electron chi connectivity index (χ4n) is 0.757. The first-order valence-electron chi connectivity index (χ1n) is 3.67. The van der Waals surface area contributed by atoms with Crippen LogP contribution in [-0.4, -0.2) is 10.2 Å². The van der Waals surface area contributed by atoms with Gasteiger partial charge >= 0.3 is 0 Å². The van der Waals surface area contributed by atoms with E-state index in [4.69, 9.17) is 0 Å². The van der Waals surface area contributed by atoms with Crippen LogP contribution < -0.4 is 0 Å². The summed E-state index contributed by atoms with van der Waals surface area (Å²) in [5.41, 5.74) is 3.08. The molecule has 1 heterocycles. The molecule has 0 atom stereocenters. The molecule has 1 aromatic heterocycles. The Morgan fingerprint density at radius 2 is 2.09 bits per heavy atom. The monoisotopic (exact) mass is 148 g/mol. The number of hydrogen-bond donors (Lipinski definition) is 0. The second-order valence-corrected chi connectivity index (χ2v) is 2.53. The maximum Gasteiger partial charge on any atom is 0.0883 e. The standard InChI is InChI=1S/C9H12N2/c1-4-7(2)9-6-5-8(3)10-11-9/h4-6H,1-3H3/b7-4+. The van der Waals surface area contributed by atoms with Crippen molar-refractivity contribution in [2.24, 2.45) is 0 Å². The molecule has 0 fully saturated rings. The van der Waals surface area contributed by atoms with E-state index in [1.807, 2.05) is 39.0 Å². The first kappa shape index (κ1) is 7.92. The lowest BCUT2D eigenvalue weighted by atomic mass is 10.2. The summed E-state index contributed by atoms with van der Waals surface area (Å²) in [6.07, 6.45) is 2.03. The molecule has 1 aromatic rings. The average Bonchev–Trinajstić information content (AvgIpc) is 2.05. The highest BCUT2D eigenvalue weighted by molar-refractivity contribution is 5.59. The number of hydrogen-bond acceptors (Lipinski definition) is 2. The van der Waals surface area contributed by atoms with Crippen LogP contribution in [0, 0.1) is 6.92 Å². The summed E-state index contributed by atoms with van der Waals surface area (Å²) in [6.45, 7) is 5.96. The van der Waals surface area contributed by atoms with E-state index in [0.29, 0.717) is 0 Å². The number of aromatic nitrogens is 2. The van der Waals surface area contributed by atoms with Gasteiger partial charge in [0.1, 0.15) is 0 Å². The second-order valence-electron chi connectivity index (χ2n) is 2.53. The normalized spacial score (nSPS) is 11.7. The van der Waals surface area contributed by atoms with Gasteiger partial charge in [-0.15, -0.1) is 0 Å². The fraction of sp³-hybridized carbons (Fsp3) is 0.333. The zero-order valence-electron chi connectivity index (χ0n) is 7.13. The highest BCUT2D eigenvalue weighted by Crippen LogP contribution is 2.08. The number of allylic oxidation sites excluding steroid dienone is 2. The van der Waals surface area contributed by atoms with Crippen LogP contribution in [0.15, 0.2) is 18.2 Å². The van der Waals surface area contributed by atoms with Crippen LogP contribution in [-0.2, 0) is 0 Å². The van der Waals surface area contributed by atoms with Gasteiger partial charge in [-0.2, -0.15) is 10.2 Å². The molecule has 0 radical (unpaired) electrons. The summed E-state index contributed by atoms with van der Waals surface area (Å²) in [7, 11) is 0. The van der Waals surface area contributed by atoms with Gasteiger partial charge in [0.25, 0.3) is 0 Å². The van der Waals surface area contributed by atoms with E-state index in [-0.39, 0.29) is 0 Å². The summed E-state index contributed by atoms with van der Waals surface area (Å²) >= 11 is 0. The summed E-state index contributed by atoms with van der Waals surface area (Å²) < 4.78 is 0. The molecule has 0 amide bonds. The molecule has 0 aliphatic carbocycles. The molecule has 0 unspecified atom stereocenters. The largest absolute Gasteiger partial charge is 0.155 e. The fourth-order valence-corrected chi connectivity index (χ4v) is 0.757. The van der Waals surface area contributed by atoms with E-state index in [1.54, 1.807) is 0 Å². The molecule has 0 bridgehead atoms. The Bertz CT molecular complexity index is 259. The van der Waals surface area contributed by atoms with Crippen molar-refractivity contribution >= 4 is 5.57 Å². The number of nitrogens with zero attached hydrogens (tertiary/aromatic N) is 2. The summed E-state index contributed by atoms with van der Waals surface area (Å²) in [5.74, 6) is 0. The Hall–Kier alpha value is -1.18. The number of rotatable bonds is 1. The van der Waals surface area contributed by atoms with Crippen LogP contribution in [0.2, 0.25) is 0 Å². The third-order valence-corrected chi connectivity index (χ3v) is 1.63. The predicted molar refractivity (Wildman–Crippen MR) is 46.1 cm³/mol. The minimum Gasteiger partial charge on any atom is -0.155 e. The summed E-state index contributed by atoms with van der Waals surface area (Å²) in [4.78, 5) is 0. The predicted octanol–water partition coefficient (Wildman–Crippen LogP) is 2.21. The first-order chi connectivity index (χ1) is 5.24. The smallest absolute Gasteiger partial charge is 0.0883 e. The van der Waals surface area contributed by atoms with E-state index in [1.165, 1.54) is 0 Å². The average molecular weight is 148 g/mol. The zero-order valence-corrected chi connectivity index (χ0v) is 7.13. The summed E-state index contributed by atoms with van der Waals surface area (Å²) in [5, 5.41) is 7.99. The zero-order chi connectivity index (χ0) is 8.27. The third kappa shape index (κ3) is 1.87. The molecule has 2 heteroatoms. The van der Waals surface area contributed by atoms with E-state index in [0.717, 1.165) is 17.0 Å². The van der Waals surface area contributed by atoms with E-state index in [9.17, 15) is 0 Å². The lowest BCUT2D eigenvalue weighted by molar-refractivity contribution is 0.963. The molecular weight excluding hydrogens is 136 g/mol. The van der Waals surface area contributed by atoms with Gasteiger partial charge in [-0.3, -0.25) is 0 Å². The van der Waals surface area contributed by atoms with E-state index < -0.39 is 0 Å². The third-order valence-electron chi connectivity index (χ3n) is 1.63. The van der Waals surface area contributed by atoms with Gasteiger partial charge in [0.2, 0.25) is 0 Å². The van der Waals surface area contributed by atoms with Gasteiger partial charge in [0.15, 0.2) is 0 Å². The molecule has 0 N–H and O–H groups in total. The van der Waals surface area contributed by atoms with E-state index in [2.05, 4.69) is 10.2 Å². The van der Waals surface area contributed by atoms with Gasteiger partial charge in [0, 0.05) is 0 Å². The van der Waals surface area contributed by atoms with Crippen molar-refractivity contribution in [1.29, 1.82) is 0 Å². The van der Waals surface area contributed by atoms with Gasteiger partial charge < -0.3 is 0 Å². The molecule has 11 heavy (non-hydrogen) atoms. The first-order valence-corrected chi connectivity index (χ1v) is 3.67. The Morgan fingerprint density at radius 1 is 1.36 bits per heavy atom. The van der Waals surface area contributed by atoms with Crippen LogP contribution in [0.3, 0.4) is 0 Å². The maximum atomic E-state index is 4.03. The Kier molecular flexibility index (Phi) is 2.36. The quantitative estimate of drug-likeness (QED) is 0.610. The molecule has 58 valence electrons. The highest BCUT2D eigenvalue weighted by Gasteiger charge is 1.94. The van der Waals surface area contributed by atoms with Crippen molar-refractivity contribution in [3.05, 3.63) is 29.6 Å². The van der Waals surface area contributed by atoms with Crippen LogP contribution in [0.5, 0.6) is 0 Å². The molecule has 0 aliphatic heterocycles. The second kappa shape index (κ2) is 3.28. The lowest BCUT2D eigenvalue weighted by Crippen LogP contribution is -1.90. The highest BCUT2D eigenvalue weighted by atomic mass is 15.1. The van der Waals surface area contributed by atoms with Crippen molar-refractivity contribution in [1.82, 2.24) is 10.2 Å². The van der Waals surface area contributed by atoms with Crippen LogP contribution in [0.25, 0.3) is 5.57 Å². The molecule has 2 nitrogen and oxygen atoms in total. The molecule has 1 rings (SSSR count). The lowest BCUT2D eigenvalue weighted by Gasteiger charge is -1.97. The molecule has 0 aliphatic rings. The van der Waals surface area contributed by atoms with Crippen molar-refractivity contribution in [3.63, 3.8) is 0 Å². The molecule has 0 saturated carbocycles. The Balaban J connectivity index is 2.99. The SMILES string of the molecule is C/C=C(\C)c1ccc(C)nn1. The molecular formula is C9H12N2. The van der Waals surface area contributed by atoms with Gasteiger partial charge in [0.05, 0.1) is 11.4 Å². The Labute approximate surface area is 67.0 Å². The van der Waals surface area contributed by atoms with Gasteiger partial charge in [-0.05, 0) is 38.5 Å². The van der Waals surface area contributed by atoms with Crippen molar-refractivity contribution < 1.29 is 0 Å². The molecule has 0 aromatic carbocycles. The van der Waals surface area contributed by atoms with Gasteiger partial charge in [-0.1, -0.05) is 6.08 Å². The van der Waals surface area contributed by atoms with Crippen LogP contribution in [0.1, 0.15) is 25.2 Å². The topological polar surface area (TPSA) is 25.8 Å². The van der Waals surface area contributed by atoms with Crippen molar-refractivity contribution in [3.8, 4) is 0 Å². The van der Waals surface area contributed by atoms with Crippen molar-refractivity contribution in [2.75, 3.05) is 0 Å². The minimum atomic E-state index is 0.956. The Morgan fingerprint density at radius 3 is 2.55 bits per heavy atom. The summed E-state index contributed by atoms with van der Waals surface area (Å²) in [6, 6.07) is 3.95. The molecule has 0 saturated heterocycles. The van der Waals surface area contributed by atoms with Crippen LogP contribution in [0.4, 0.5) is 0 Å².